The Labute approximate surface area is 213 Å². The monoisotopic (exact) mass is 572 g/mol. The van der Waals surface area contributed by atoms with Crippen LogP contribution in [0, 0.1) is 0 Å². The number of hydrogen-bond acceptors (Lipinski definition) is 5. The molecule has 180 valence electrons. The van der Waals surface area contributed by atoms with Crippen LogP contribution in [0.15, 0.2) is 36.4 Å². The fraction of sp³-hybridized carbons (Fsp3) is 0.520. The first-order valence-corrected chi connectivity index (χ1v) is 11.4. The summed E-state index contributed by atoms with van der Waals surface area (Å²) in [6, 6.07) is 11.4. The van der Waals surface area contributed by atoms with Gasteiger partial charge in [-0.3, -0.25) is 5.43 Å². The summed E-state index contributed by atoms with van der Waals surface area (Å²) in [5.74, 6) is 0.352. The summed E-state index contributed by atoms with van der Waals surface area (Å²) >= 11 is 0. The Balaban J connectivity index is 0.00000256. The highest BCUT2D eigenvalue weighted by atomic mass is 79.9. The van der Waals surface area contributed by atoms with Crippen LogP contribution in [0.3, 0.4) is 0 Å². The van der Waals surface area contributed by atoms with Gasteiger partial charge in [0.05, 0.1) is 0 Å². The predicted molar refractivity (Wildman–Crippen MR) is 142 cm³/mol. The molecule has 0 amide bonds. The van der Waals surface area contributed by atoms with Crippen LogP contribution < -0.4 is 5.43 Å². The van der Waals surface area contributed by atoms with Crippen molar-refractivity contribution in [1.82, 2.24) is 10.4 Å². The van der Waals surface area contributed by atoms with E-state index in [4.69, 9.17) is 0 Å². The highest BCUT2D eigenvalue weighted by Crippen LogP contribution is 2.36. The summed E-state index contributed by atoms with van der Waals surface area (Å²) in [5, 5.41) is 31.8. The van der Waals surface area contributed by atoms with Crippen molar-refractivity contribution in [2.75, 3.05) is 13.1 Å². The average molecular weight is 574 g/mol. The lowest BCUT2D eigenvalue weighted by Crippen LogP contribution is -2.49. The minimum atomic E-state index is -0.0176. The molecule has 0 bridgehead atoms. The van der Waals surface area contributed by atoms with Crippen molar-refractivity contribution in [2.24, 2.45) is 0 Å². The van der Waals surface area contributed by atoms with Gasteiger partial charge in [-0.1, -0.05) is 44.4 Å². The minimum Gasteiger partial charge on any atom is -0.508 e. The third-order valence-corrected chi connectivity index (χ3v) is 6.13. The summed E-state index contributed by atoms with van der Waals surface area (Å²) in [6.07, 6.45) is 9.62. The van der Waals surface area contributed by atoms with Crippen LogP contribution in [0.2, 0.25) is 0 Å². The van der Waals surface area contributed by atoms with Gasteiger partial charge >= 0.3 is 0 Å². The number of nitrogens with zero attached hydrogens (tertiary/aromatic N) is 1. The third kappa shape index (κ3) is 8.25. The number of aromatic hydroxyl groups is 3. The molecule has 0 radical (unpaired) electrons. The quantitative estimate of drug-likeness (QED) is 0.154. The van der Waals surface area contributed by atoms with Crippen molar-refractivity contribution in [3.05, 3.63) is 53.1 Å². The average Bonchev–Trinajstić information content (AvgIpc) is 2.76. The topological polar surface area (TPSA) is 76.0 Å². The normalized spacial score (nSPS) is 15.0. The van der Waals surface area contributed by atoms with Crippen LogP contribution in [0.25, 0.3) is 0 Å². The highest BCUT2D eigenvalue weighted by molar-refractivity contribution is 8.93. The van der Waals surface area contributed by atoms with Crippen molar-refractivity contribution in [2.45, 2.75) is 70.8 Å². The van der Waals surface area contributed by atoms with E-state index in [0.717, 1.165) is 56.3 Å². The molecular formula is C25H38Br2N2O3. The largest absolute Gasteiger partial charge is 0.508 e. The van der Waals surface area contributed by atoms with Crippen molar-refractivity contribution >= 4 is 34.0 Å². The number of hydrazine groups is 1. The summed E-state index contributed by atoms with van der Waals surface area (Å²) in [5.41, 5.74) is 6.97. The number of fused-ring (bicyclic) bond motifs is 1. The van der Waals surface area contributed by atoms with E-state index in [0.29, 0.717) is 11.8 Å². The Kier molecular flexibility index (Phi) is 13.3. The molecule has 7 heteroatoms. The number of benzene rings is 2. The Morgan fingerprint density at radius 1 is 0.938 bits per heavy atom. The smallest absolute Gasteiger partial charge is 0.160 e. The van der Waals surface area contributed by atoms with Gasteiger partial charge in [-0.2, -0.15) is 0 Å². The van der Waals surface area contributed by atoms with Crippen LogP contribution in [0.4, 0.5) is 0 Å². The molecule has 2 aromatic rings. The van der Waals surface area contributed by atoms with E-state index in [1.165, 1.54) is 31.2 Å². The lowest BCUT2D eigenvalue weighted by atomic mass is 9.87. The third-order valence-electron chi connectivity index (χ3n) is 6.13. The van der Waals surface area contributed by atoms with Gasteiger partial charge in [0, 0.05) is 24.7 Å². The first-order valence-electron chi connectivity index (χ1n) is 11.4. The van der Waals surface area contributed by atoms with Crippen molar-refractivity contribution in [1.29, 1.82) is 0 Å². The van der Waals surface area contributed by atoms with Crippen LogP contribution in [-0.4, -0.2) is 39.5 Å². The molecule has 0 aromatic heterocycles. The molecule has 0 heterocycles. The number of hydrogen-bond donors (Lipinski definition) is 4. The summed E-state index contributed by atoms with van der Waals surface area (Å²) in [6.45, 7) is 4.18. The zero-order valence-electron chi connectivity index (χ0n) is 18.9. The molecule has 0 fully saturated rings. The van der Waals surface area contributed by atoms with E-state index >= 15 is 0 Å². The second-order valence-electron chi connectivity index (χ2n) is 8.40. The second kappa shape index (κ2) is 14.8. The zero-order valence-corrected chi connectivity index (χ0v) is 22.4. The molecule has 1 aliphatic carbocycles. The Hall–Kier alpha value is -1.28. The molecule has 0 aliphatic heterocycles. The van der Waals surface area contributed by atoms with E-state index in [1.54, 1.807) is 18.2 Å². The molecule has 4 N–H and O–H groups in total. The molecule has 2 aromatic carbocycles. The van der Waals surface area contributed by atoms with E-state index in [1.807, 2.05) is 18.2 Å². The Morgan fingerprint density at radius 2 is 1.69 bits per heavy atom. The fourth-order valence-corrected chi connectivity index (χ4v) is 4.35. The maximum atomic E-state index is 10.2. The van der Waals surface area contributed by atoms with E-state index < -0.39 is 0 Å². The van der Waals surface area contributed by atoms with Crippen LogP contribution >= 0.6 is 34.0 Å². The van der Waals surface area contributed by atoms with Crippen LogP contribution in [-0.2, 0) is 19.3 Å². The van der Waals surface area contributed by atoms with Gasteiger partial charge in [0.25, 0.3) is 0 Å². The first kappa shape index (κ1) is 28.8. The number of unbranched alkanes of at least 4 members (excludes halogenated alkanes) is 3. The van der Waals surface area contributed by atoms with E-state index in [-0.39, 0.29) is 45.5 Å². The van der Waals surface area contributed by atoms with Gasteiger partial charge in [-0.15, -0.1) is 34.0 Å². The molecule has 0 saturated carbocycles. The molecule has 1 aliphatic rings. The predicted octanol–water partition coefficient (Wildman–Crippen LogP) is 5.84. The first-order chi connectivity index (χ1) is 14.6. The van der Waals surface area contributed by atoms with Crippen LogP contribution in [0.5, 0.6) is 17.2 Å². The van der Waals surface area contributed by atoms with Gasteiger partial charge in [-0.25, -0.2) is 5.01 Å². The molecular weight excluding hydrogens is 536 g/mol. The highest BCUT2D eigenvalue weighted by Gasteiger charge is 2.26. The van der Waals surface area contributed by atoms with Crippen molar-refractivity contribution < 1.29 is 15.3 Å². The summed E-state index contributed by atoms with van der Waals surface area (Å²) in [4.78, 5) is 0. The molecule has 0 spiro atoms. The van der Waals surface area contributed by atoms with Crippen molar-refractivity contribution in [3.8, 4) is 17.2 Å². The van der Waals surface area contributed by atoms with E-state index in [9.17, 15) is 15.3 Å². The van der Waals surface area contributed by atoms with Crippen LogP contribution in [0.1, 0.15) is 62.1 Å². The van der Waals surface area contributed by atoms with Crippen molar-refractivity contribution in [3.63, 3.8) is 0 Å². The number of halogens is 2. The minimum absolute atomic E-state index is 0. The number of phenolic OH excluding ortho intramolecular Hbond substituents is 3. The van der Waals surface area contributed by atoms with Gasteiger partial charge in [0.2, 0.25) is 0 Å². The number of nitrogens with one attached hydrogen (secondary N) is 1. The lowest BCUT2D eigenvalue weighted by molar-refractivity contribution is 0.108. The maximum absolute atomic E-state index is 10.2. The van der Waals surface area contributed by atoms with E-state index in [2.05, 4.69) is 17.4 Å². The lowest BCUT2D eigenvalue weighted by Gasteiger charge is -2.36. The Morgan fingerprint density at radius 3 is 2.41 bits per heavy atom. The zero-order chi connectivity index (χ0) is 21.3. The molecule has 32 heavy (non-hydrogen) atoms. The molecule has 0 saturated heterocycles. The number of rotatable bonds is 11. The fourth-order valence-electron chi connectivity index (χ4n) is 4.35. The van der Waals surface area contributed by atoms with Gasteiger partial charge < -0.3 is 15.3 Å². The Bertz CT molecular complexity index is 803. The summed E-state index contributed by atoms with van der Waals surface area (Å²) < 4.78 is 0. The summed E-state index contributed by atoms with van der Waals surface area (Å²) in [7, 11) is 0. The number of phenols is 3. The molecule has 1 atom stereocenters. The standard InChI is InChI=1S/C25H36N2O3.2BrH/c1-2-3-4-5-17-27(26-16-6-7-19-8-12-22(28)13-9-19)21-11-14-23-20(18-21)10-15-24(29)25(23)30;;/h8-10,12-13,15,21,26,28-30H,2-7,11,14,16-18H2,1H3;2*1H. The molecule has 5 nitrogen and oxygen atoms in total. The SMILES string of the molecule is Br.Br.CCCCCCN(NCCCc1ccc(O)cc1)C1CCc2c(ccc(O)c2O)C1. The van der Waals surface area contributed by atoms with Gasteiger partial charge in [0.1, 0.15) is 5.75 Å². The maximum Gasteiger partial charge on any atom is 0.160 e. The second-order valence-corrected chi connectivity index (χ2v) is 8.40. The van der Waals surface area contributed by atoms with Gasteiger partial charge in [0.15, 0.2) is 11.5 Å². The molecule has 3 rings (SSSR count). The molecule has 1 unspecified atom stereocenters. The van der Waals surface area contributed by atoms with Gasteiger partial charge in [-0.05, 0) is 67.9 Å². The number of aryl methyl sites for hydroxylation is 1.